The zero-order valence-corrected chi connectivity index (χ0v) is 20.0. The average Bonchev–Trinajstić information content (AvgIpc) is 3.58. The molecule has 2 atom stereocenters. The summed E-state index contributed by atoms with van der Waals surface area (Å²) in [5.41, 5.74) is 8.22. The molecule has 0 saturated heterocycles. The molecule has 1 aliphatic rings. The van der Waals surface area contributed by atoms with E-state index in [9.17, 15) is 9.18 Å². The summed E-state index contributed by atoms with van der Waals surface area (Å²) in [4.78, 5) is 16.8. The second kappa shape index (κ2) is 10.4. The van der Waals surface area contributed by atoms with Crippen LogP contribution in [0.25, 0.3) is 0 Å². The van der Waals surface area contributed by atoms with Crippen molar-refractivity contribution in [3.63, 3.8) is 0 Å². The second-order valence-electron chi connectivity index (χ2n) is 9.34. The van der Waals surface area contributed by atoms with E-state index < -0.39 is 11.9 Å². The van der Waals surface area contributed by atoms with Gasteiger partial charge >= 0.3 is 0 Å². The standard InChI is InChI=1S/C25H31F2N7O/c1-13(2)22(28)25(35)29-12-17-10-19(27)24(31-21-11-20(33-34-21)16-4-5-16)32-23(17)30-14(3)15-6-8-18(26)9-7-15/h6-11,13-14,16,22H,4-5,12,28H2,1-3H3,(H,29,35)(H3,30,31,32,33,34)/t14-,22?/m0/s1. The molecular formula is C25H31F2N7O. The minimum Gasteiger partial charge on any atom is -0.363 e. The summed E-state index contributed by atoms with van der Waals surface area (Å²) in [5.74, 6) is 0.0442. The lowest BCUT2D eigenvalue weighted by Gasteiger charge is -2.20. The number of rotatable bonds is 10. The number of nitrogens with one attached hydrogen (secondary N) is 4. The van der Waals surface area contributed by atoms with Crippen LogP contribution in [0.15, 0.2) is 36.4 Å². The van der Waals surface area contributed by atoms with E-state index in [0.29, 0.717) is 23.1 Å². The number of nitrogens with zero attached hydrogens (tertiary/aromatic N) is 2. The summed E-state index contributed by atoms with van der Waals surface area (Å²) in [6, 6.07) is 8.33. The highest BCUT2D eigenvalue weighted by Crippen LogP contribution is 2.39. The van der Waals surface area contributed by atoms with Crippen molar-refractivity contribution in [2.75, 3.05) is 10.6 Å². The molecule has 1 unspecified atom stereocenters. The topological polar surface area (TPSA) is 121 Å². The highest BCUT2D eigenvalue weighted by atomic mass is 19.1. The first-order valence-electron chi connectivity index (χ1n) is 11.8. The van der Waals surface area contributed by atoms with Crippen LogP contribution in [0.4, 0.5) is 26.2 Å². The molecule has 0 bridgehead atoms. The number of halogens is 2. The molecule has 0 radical (unpaired) electrons. The van der Waals surface area contributed by atoms with E-state index in [1.54, 1.807) is 12.1 Å². The van der Waals surface area contributed by atoms with Gasteiger partial charge in [-0.3, -0.25) is 9.89 Å². The molecule has 186 valence electrons. The number of pyridine rings is 1. The van der Waals surface area contributed by atoms with Crippen molar-refractivity contribution < 1.29 is 13.6 Å². The first-order chi connectivity index (χ1) is 16.7. The monoisotopic (exact) mass is 483 g/mol. The fourth-order valence-electron chi connectivity index (χ4n) is 3.64. The molecular weight excluding hydrogens is 452 g/mol. The molecule has 2 aromatic heterocycles. The van der Waals surface area contributed by atoms with Crippen LogP contribution in [-0.2, 0) is 11.3 Å². The minimum atomic E-state index is -0.677. The van der Waals surface area contributed by atoms with Crippen LogP contribution in [0.3, 0.4) is 0 Å². The van der Waals surface area contributed by atoms with Gasteiger partial charge < -0.3 is 21.7 Å². The third kappa shape index (κ3) is 6.13. The molecule has 1 fully saturated rings. The maximum Gasteiger partial charge on any atom is 0.237 e. The number of hydrogen-bond acceptors (Lipinski definition) is 6. The zero-order valence-electron chi connectivity index (χ0n) is 20.0. The van der Waals surface area contributed by atoms with Crippen molar-refractivity contribution in [1.82, 2.24) is 20.5 Å². The van der Waals surface area contributed by atoms with Gasteiger partial charge in [0, 0.05) is 35.8 Å². The Hall–Kier alpha value is -3.53. The number of nitrogens with two attached hydrogens (primary N) is 1. The van der Waals surface area contributed by atoms with Crippen molar-refractivity contribution in [2.45, 2.75) is 58.2 Å². The average molecular weight is 484 g/mol. The van der Waals surface area contributed by atoms with Crippen LogP contribution < -0.4 is 21.7 Å². The van der Waals surface area contributed by atoms with Gasteiger partial charge in [0.15, 0.2) is 17.5 Å². The molecule has 35 heavy (non-hydrogen) atoms. The zero-order chi connectivity index (χ0) is 25.1. The van der Waals surface area contributed by atoms with Crippen LogP contribution in [0.2, 0.25) is 0 Å². The van der Waals surface area contributed by atoms with Crippen molar-refractivity contribution in [1.29, 1.82) is 0 Å². The molecule has 10 heteroatoms. The molecule has 4 rings (SSSR count). The number of amides is 1. The lowest BCUT2D eigenvalue weighted by Crippen LogP contribution is -2.43. The molecule has 0 aliphatic heterocycles. The van der Waals surface area contributed by atoms with E-state index in [1.165, 1.54) is 18.2 Å². The fraction of sp³-hybridized carbons (Fsp3) is 0.400. The molecule has 1 aliphatic carbocycles. The largest absolute Gasteiger partial charge is 0.363 e. The van der Waals surface area contributed by atoms with Gasteiger partial charge in [-0.1, -0.05) is 26.0 Å². The van der Waals surface area contributed by atoms with E-state index in [1.807, 2.05) is 26.8 Å². The predicted octanol–water partition coefficient (Wildman–Crippen LogP) is 4.48. The van der Waals surface area contributed by atoms with Gasteiger partial charge in [-0.2, -0.15) is 5.10 Å². The van der Waals surface area contributed by atoms with E-state index in [-0.39, 0.29) is 36.0 Å². The number of carbonyl (C=O) groups is 1. The molecule has 6 N–H and O–H groups in total. The quantitative estimate of drug-likeness (QED) is 0.290. The third-order valence-corrected chi connectivity index (χ3v) is 6.11. The Kier molecular flexibility index (Phi) is 7.30. The van der Waals surface area contributed by atoms with Gasteiger partial charge in [0.25, 0.3) is 0 Å². The Balaban J connectivity index is 1.58. The summed E-state index contributed by atoms with van der Waals surface area (Å²) in [6.07, 6.45) is 2.23. The number of aromatic amines is 1. The van der Waals surface area contributed by atoms with Crippen molar-refractivity contribution in [3.8, 4) is 0 Å². The highest BCUT2D eigenvalue weighted by molar-refractivity contribution is 5.81. The van der Waals surface area contributed by atoms with Crippen LogP contribution in [0.1, 0.15) is 62.4 Å². The Morgan fingerprint density at radius 3 is 2.51 bits per heavy atom. The van der Waals surface area contributed by atoms with Gasteiger partial charge in [0.05, 0.1) is 6.04 Å². The summed E-state index contributed by atoms with van der Waals surface area (Å²) in [5, 5.41) is 16.1. The first kappa shape index (κ1) is 24.6. The fourth-order valence-corrected chi connectivity index (χ4v) is 3.64. The lowest BCUT2D eigenvalue weighted by atomic mass is 10.0. The highest BCUT2D eigenvalue weighted by Gasteiger charge is 2.26. The molecule has 2 heterocycles. The Morgan fingerprint density at radius 1 is 1.14 bits per heavy atom. The Bertz CT molecular complexity index is 1180. The van der Waals surface area contributed by atoms with Crippen molar-refractivity contribution >= 4 is 23.4 Å². The van der Waals surface area contributed by atoms with Crippen LogP contribution >= 0.6 is 0 Å². The number of H-pyrrole nitrogens is 1. The van der Waals surface area contributed by atoms with E-state index in [4.69, 9.17) is 5.73 Å². The van der Waals surface area contributed by atoms with Crippen LogP contribution in [0.5, 0.6) is 0 Å². The van der Waals surface area contributed by atoms with Gasteiger partial charge in [-0.05, 0) is 49.4 Å². The number of benzene rings is 1. The first-order valence-corrected chi connectivity index (χ1v) is 11.8. The maximum absolute atomic E-state index is 15.0. The second-order valence-corrected chi connectivity index (χ2v) is 9.34. The smallest absolute Gasteiger partial charge is 0.237 e. The van der Waals surface area contributed by atoms with Crippen molar-refractivity contribution in [3.05, 3.63) is 64.9 Å². The van der Waals surface area contributed by atoms with E-state index in [2.05, 4.69) is 31.1 Å². The number of carbonyl (C=O) groups excluding carboxylic acids is 1. The van der Waals surface area contributed by atoms with Crippen LogP contribution in [-0.4, -0.2) is 27.1 Å². The lowest BCUT2D eigenvalue weighted by molar-refractivity contribution is -0.123. The molecule has 1 amide bonds. The summed E-state index contributed by atoms with van der Waals surface area (Å²) < 4.78 is 28.4. The normalized spacial score (nSPS) is 15.1. The predicted molar refractivity (Wildman–Crippen MR) is 131 cm³/mol. The van der Waals surface area contributed by atoms with Gasteiger partial charge in [-0.25, -0.2) is 13.8 Å². The molecule has 1 saturated carbocycles. The summed E-state index contributed by atoms with van der Waals surface area (Å²) >= 11 is 0. The maximum atomic E-state index is 15.0. The summed E-state index contributed by atoms with van der Waals surface area (Å²) in [6.45, 7) is 5.63. The van der Waals surface area contributed by atoms with Crippen molar-refractivity contribution in [2.24, 2.45) is 11.7 Å². The van der Waals surface area contributed by atoms with E-state index >= 15 is 4.39 Å². The van der Waals surface area contributed by atoms with E-state index in [0.717, 1.165) is 24.1 Å². The number of aromatic nitrogens is 3. The summed E-state index contributed by atoms with van der Waals surface area (Å²) in [7, 11) is 0. The SMILES string of the molecule is CC(C)C(N)C(=O)NCc1cc(F)c(Nc2cc(C3CC3)[nH]n2)nc1N[C@@H](C)c1ccc(F)cc1. The third-order valence-electron chi connectivity index (χ3n) is 6.11. The molecule has 0 spiro atoms. The Labute approximate surface area is 203 Å². The van der Waals surface area contributed by atoms with Gasteiger partial charge in [0.2, 0.25) is 5.91 Å². The number of anilines is 3. The number of hydrogen-bond donors (Lipinski definition) is 5. The van der Waals surface area contributed by atoms with Gasteiger partial charge in [0.1, 0.15) is 11.6 Å². The minimum absolute atomic E-state index is 0.00149. The molecule has 1 aromatic carbocycles. The molecule has 8 nitrogen and oxygen atoms in total. The van der Waals surface area contributed by atoms with Crippen LogP contribution in [0, 0.1) is 17.6 Å². The van der Waals surface area contributed by atoms with Gasteiger partial charge in [-0.15, -0.1) is 0 Å². The Morgan fingerprint density at radius 2 is 1.86 bits per heavy atom. The molecule has 3 aromatic rings.